The zero-order valence-corrected chi connectivity index (χ0v) is 14.3. The maximum atomic E-state index is 13.9. The molecule has 1 heterocycles. The van der Waals surface area contributed by atoms with Crippen LogP contribution in [0.25, 0.3) is 0 Å². The Hall–Kier alpha value is -1.30. The van der Waals surface area contributed by atoms with Gasteiger partial charge >= 0.3 is 6.18 Å². The van der Waals surface area contributed by atoms with Crippen LogP contribution in [0.4, 0.5) is 13.2 Å². The third-order valence-corrected chi connectivity index (χ3v) is 4.52. The zero-order valence-electron chi connectivity index (χ0n) is 12.8. The molecule has 0 aliphatic heterocycles. The van der Waals surface area contributed by atoms with Crippen LogP contribution in [0.3, 0.4) is 0 Å². The molecule has 24 heavy (non-hydrogen) atoms. The Kier molecular flexibility index (Phi) is 5.78. The summed E-state index contributed by atoms with van der Waals surface area (Å²) in [6.07, 6.45) is -2.00. The van der Waals surface area contributed by atoms with Crippen molar-refractivity contribution in [2.24, 2.45) is 0 Å². The van der Waals surface area contributed by atoms with Gasteiger partial charge in [-0.15, -0.1) is 0 Å². The van der Waals surface area contributed by atoms with E-state index in [1.165, 1.54) is 36.5 Å². The lowest BCUT2D eigenvalue weighted by atomic mass is 9.75. The van der Waals surface area contributed by atoms with Crippen molar-refractivity contribution < 1.29 is 18.3 Å². The third-order valence-electron chi connectivity index (χ3n) is 3.95. The molecule has 0 saturated carbocycles. The maximum Gasteiger partial charge on any atom is 0.422 e. The Balaban J connectivity index is 2.68. The third kappa shape index (κ3) is 3.53. The van der Waals surface area contributed by atoms with Crippen molar-refractivity contribution in [1.82, 2.24) is 4.98 Å². The minimum Gasteiger partial charge on any atom is -0.376 e. The predicted octanol–water partition coefficient (Wildman–Crippen LogP) is 5.72. The molecule has 1 aromatic heterocycles. The van der Waals surface area contributed by atoms with E-state index in [4.69, 9.17) is 23.2 Å². The van der Waals surface area contributed by atoms with E-state index in [1.807, 2.05) is 0 Å². The largest absolute Gasteiger partial charge is 0.422 e. The lowest BCUT2D eigenvalue weighted by molar-refractivity contribution is -0.277. The number of pyridine rings is 1. The van der Waals surface area contributed by atoms with Crippen LogP contribution in [0, 0.1) is 0 Å². The highest BCUT2D eigenvalue weighted by Crippen LogP contribution is 2.51. The first-order valence-electron chi connectivity index (χ1n) is 7.36. The van der Waals surface area contributed by atoms with Crippen molar-refractivity contribution in [3.05, 3.63) is 63.9 Å². The van der Waals surface area contributed by atoms with E-state index in [-0.39, 0.29) is 22.6 Å². The van der Waals surface area contributed by atoms with Crippen molar-refractivity contribution in [2.45, 2.75) is 37.5 Å². The molecule has 0 spiro atoms. The number of aromatic nitrogens is 1. The summed E-state index contributed by atoms with van der Waals surface area (Å²) in [7, 11) is 0. The predicted molar refractivity (Wildman–Crippen MR) is 88.3 cm³/mol. The molecule has 0 radical (unpaired) electrons. The number of alkyl halides is 3. The van der Waals surface area contributed by atoms with Crippen molar-refractivity contribution in [1.29, 1.82) is 0 Å². The maximum absolute atomic E-state index is 13.9. The van der Waals surface area contributed by atoms with Gasteiger partial charge in [0.2, 0.25) is 0 Å². The summed E-state index contributed by atoms with van der Waals surface area (Å²) in [4.78, 5) is 3.72. The quantitative estimate of drug-likeness (QED) is 0.722. The number of rotatable bonds is 5. The van der Waals surface area contributed by atoms with Crippen LogP contribution in [0.2, 0.25) is 10.0 Å². The molecule has 2 unspecified atom stereocenters. The fourth-order valence-electron chi connectivity index (χ4n) is 2.81. The summed E-state index contributed by atoms with van der Waals surface area (Å²) in [5.74, 6) is -1.28. The number of halogens is 5. The summed E-state index contributed by atoms with van der Waals surface area (Å²) in [5.41, 5.74) is -3.22. The van der Waals surface area contributed by atoms with Gasteiger partial charge in [0.25, 0.3) is 0 Å². The molecule has 0 saturated heterocycles. The van der Waals surface area contributed by atoms with Gasteiger partial charge < -0.3 is 5.11 Å². The van der Waals surface area contributed by atoms with Gasteiger partial charge in [0, 0.05) is 33.9 Å². The molecule has 2 rings (SSSR count). The first-order chi connectivity index (χ1) is 11.2. The standard InChI is InChI=1S/C17H16Cl2F3NO/c1-2-4-14(13-7-6-12(18)9-15(13)19)16(24,17(20,21)22)11-5-3-8-23-10-11/h3,5-10,14,24H,2,4H2,1H3. The summed E-state index contributed by atoms with van der Waals surface area (Å²) in [6.45, 7) is 1.75. The van der Waals surface area contributed by atoms with Crippen LogP contribution < -0.4 is 0 Å². The molecule has 0 fully saturated rings. The van der Waals surface area contributed by atoms with Gasteiger partial charge in [0.1, 0.15) is 0 Å². The van der Waals surface area contributed by atoms with Gasteiger partial charge in [0.15, 0.2) is 5.60 Å². The summed E-state index contributed by atoms with van der Waals surface area (Å²) < 4.78 is 41.7. The minimum atomic E-state index is -4.90. The van der Waals surface area contributed by atoms with Crippen molar-refractivity contribution >= 4 is 23.2 Å². The molecule has 0 aliphatic rings. The van der Waals surface area contributed by atoms with E-state index in [9.17, 15) is 18.3 Å². The SMILES string of the molecule is CCCC(c1ccc(Cl)cc1Cl)C(O)(c1cccnc1)C(F)(F)F. The van der Waals surface area contributed by atoms with E-state index in [1.54, 1.807) is 6.92 Å². The first kappa shape index (κ1) is 19.0. The van der Waals surface area contributed by atoms with Crippen LogP contribution in [0.15, 0.2) is 42.7 Å². The fourth-order valence-corrected chi connectivity index (χ4v) is 3.35. The van der Waals surface area contributed by atoms with Gasteiger partial charge in [-0.3, -0.25) is 4.98 Å². The average molecular weight is 378 g/mol. The average Bonchev–Trinajstić information content (AvgIpc) is 2.52. The van der Waals surface area contributed by atoms with E-state index < -0.39 is 17.7 Å². The highest BCUT2D eigenvalue weighted by Gasteiger charge is 2.60. The smallest absolute Gasteiger partial charge is 0.376 e. The molecule has 1 aromatic carbocycles. The Labute approximate surface area is 148 Å². The number of aliphatic hydroxyl groups is 1. The van der Waals surface area contributed by atoms with Crippen molar-refractivity contribution in [3.63, 3.8) is 0 Å². The normalized spacial score (nSPS) is 15.8. The molecule has 1 N–H and O–H groups in total. The minimum absolute atomic E-state index is 0.0895. The van der Waals surface area contributed by atoms with Gasteiger partial charge in [-0.2, -0.15) is 13.2 Å². The van der Waals surface area contributed by atoms with E-state index in [0.717, 1.165) is 6.20 Å². The van der Waals surface area contributed by atoms with E-state index in [0.29, 0.717) is 11.4 Å². The second-order valence-corrected chi connectivity index (χ2v) is 6.36. The highest BCUT2D eigenvalue weighted by atomic mass is 35.5. The summed E-state index contributed by atoms with van der Waals surface area (Å²) >= 11 is 12.0. The molecule has 2 atom stereocenters. The van der Waals surface area contributed by atoms with Gasteiger partial charge in [-0.25, -0.2) is 0 Å². The van der Waals surface area contributed by atoms with Crippen molar-refractivity contribution in [2.75, 3.05) is 0 Å². The Morgan fingerprint density at radius 1 is 1.21 bits per heavy atom. The van der Waals surface area contributed by atoms with Crippen LogP contribution in [-0.2, 0) is 5.60 Å². The monoisotopic (exact) mass is 377 g/mol. The van der Waals surface area contributed by atoms with E-state index in [2.05, 4.69) is 4.98 Å². The molecule has 2 nitrogen and oxygen atoms in total. The van der Waals surface area contributed by atoms with Gasteiger partial charge in [0.05, 0.1) is 0 Å². The van der Waals surface area contributed by atoms with Crippen LogP contribution in [0.1, 0.15) is 36.8 Å². The molecule has 0 aliphatic carbocycles. The number of nitrogens with zero attached hydrogens (tertiary/aromatic N) is 1. The molecule has 130 valence electrons. The number of benzene rings is 1. The number of hydrogen-bond acceptors (Lipinski definition) is 2. The summed E-state index contributed by atoms with van der Waals surface area (Å²) in [6, 6.07) is 6.84. The van der Waals surface area contributed by atoms with Gasteiger partial charge in [-0.05, 0) is 30.2 Å². The second-order valence-electron chi connectivity index (χ2n) is 5.51. The Morgan fingerprint density at radius 3 is 2.42 bits per heavy atom. The topological polar surface area (TPSA) is 33.1 Å². The highest BCUT2D eigenvalue weighted by molar-refractivity contribution is 6.35. The fraction of sp³-hybridized carbons (Fsp3) is 0.353. The summed E-state index contributed by atoms with van der Waals surface area (Å²) in [5, 5.41) is 11.2. The first-order valence-corrected chi connectivity index (χ1v) is 8.12. The van der Waals surface area contributed by atoms with Crippen molar-refractivity contribution in [3.8, 4) is 0 Å². The van der Waals surface area contributed by atoms with Gasteiger partial charge in [-0.1, -0.05) is 48.7 Å². The van der Waals surface area contributed by atoms with Crippen LogP contribution in [0.5, 0.6) is 0 Å². The lowest BCUT2D eigenvalue weighted by Crippen LogP contribution is -2.47. The zero-order chi connectivity index (χ0) is 18.0. The Morgan fingerprint density at radius 2 is 1.92 bits per heavy atom. The second kappa shape index (κ2) is 7.30. The Bertz CT molecular complexity index is 694. The van der Waals surface area contributed by atoms with E-state index >= 15 is 0 Å². The molecule has 0 bridgehead atoms. The number of hydrogen-bond donors (Lipinski definition) is 1. The molecular formula is C17H16Cl2F3NO. The molecule has 2 aromatic rings. The molecule has 7 heteroatoms. The van der Waals surface area contributed by atoms with Crippen LogP contribution >= 0.6 is 23.2 Å². The lowest BCUT2D eigenvalue weighted by Gasteiger charge is -2.38. The molecular weight excluding hydrogens is 362 g/mol. The molecule has 0 amide bonds. The van der Waals surface area contributed by atoms with Crippen LogP contribution in [-0.4, -0.2) is 16.3 Å².